The van der Waals surface area contributed by atoms with Crippen molar-refractivity contribution in [2.24, 2.45) is 5.73 Å². The molecule has 0 saturated carbocycles. The standard InChI is InChI=1S/C12H13N3O/c13-7-9-6-10(14)11(15-12(9)16)8-4-2-1-3-5-8/h1-6H,7,13-14H2,(H,15,16). The molecule has 0 bridgehead atoms. The third-order valence-corrected chi connectivity index (χ3v) is 2.43. The highest BCUT2D eigenvalue weighted by Gasteiger charge is 2.06. The average molecular weight is 215 g/mol. The first-order valence-electron chi connectivity index (χ1n) is 4.99. The number of hydrogen-bond acceptors (Lipinski definition) is 3. The summed E-state index contributed by atoms with van der Waals surface area (Å²) in [5, 5.41) is 0. The topological polar surface area (TPSA) is 84.9 Å². The van der Waals surface area contributed by atoms with Crippen LogP contribution in [0, 0.1) is 0 Å². The fourth-order valence-electron chi connectivity index (χ4n) is 1.59. The molecule has 1 aromatic carbocycles. The normalized spacial score (nSPS) is 10.3. The van der Waals surface area contributed by atoms with Crippen LogP contribution in [0.1, 0.15) is 5.56 Å². The summed E-state index contributed by atoms with van der Waals surface area (Å²) in [6.07, 6.45) is 0. The monoisotopic (exact) mass is 215 g/mol. The average Bonchev–Trinajstić information content (AvgIpc) is 2.32. The fraction of sp³-hybridized carbons (Fsp3) is 0.0833. The lowest BCUT2D eigenvalue weighted by atomic mass is 10.1. The lowest BCUT2D eigenvalue weighted by Gasteiger charge is -2.07. The molecule has 16 heavy (non-hydrogen) atoms. The van der Waals surface area contributed by atoms with Gasteiger partial charge in [-0.2, -0.15) is 0 Å². The van der Waals surface area contributed by atoms with E-state index in [9.17, 15) is 4.79 Å². The maximum Gasteiger partial charge on any atom is 0.253 e. The largest absolute Gasteiger partial charge is 0.397 e. The molecule has 0 amide bonds. The van der Waals surface area contributed by atoms with Gasteiger partial charge in [-0.05, 0) is 6.07 Å². The molecule has 2 rings (SSSR count). The van der Waals surface area contributed by atoms with Gasteiger partial charge in [-0.1, -0.05) is 30.3 Å². The van der Waals surface area contributed by atoms with Gasteiger partial charge in [-0.15, -0.1) is 0 Å². The zero-order valence-corrected chi connectivity index (χ0v) is 8.73. The third kappa shape index (κ3) is 1.83. The molecule has 82 valence electrons. The first-order chi connectivity index (χ1) is 7.72. The minimum absolute atomic E-state index is 0.185. The molecule has 0 aliphatic carbocycles. The van der Waals surface area contributed by atoms with Crippen molar-refractivity contribution in [2.75, 3.05) is 5.73 Å². The van der Waals surface area contributed by atoms with Crippen molar-refractivity contribution < 1.29 is 0 Å². The molecular formula is C12H13N3O. The first-order valence-corrected chi connectivity index (χ1v) is 4.99. The Bertz CT molecular complexity index is 546. The van der Waals surface area contributed by atoms with E-state index in [0.29, 0.717) is 16.9 Å². The van der Waals surface area contributed by atoms with E-state index >= 15 is 0 Å². The predicted molar refractivity (Wildman–Crippen MR) is 64.8 cm³/mol. The molecule has 0 spiro atoms. The van der Waals surface area contributed by atoms with Crippen molar-refractivity contribution in [3.63, 3.8) is 0 Å². The SMILES string of the molecule is NCc1cc(N)c(-c2ccccc2)[nH]c1=O. The Labute approximate surface area is 92.9 Å². The van der Waals surface area contributed by atoms with Crippen molar-refractivity contribution >= 4 is 5.69 Å². The summed E-state index contributed by atoms with van der Waals surface area (Å²) >= 11 is 0. The minimum Gasteiger partial charge on any atom is -0.397 e. The summed E-state index contributed by atoms with van der Waals surface area (Å²) in [6, 6.07) is 11.1. The van der Waals surface area contributed by atoms with Gasteiger partial charge in [0.2, 0.25) is 0 Å². The van der Waals surface area contributed by atoms with Gasteiger partial charge < -0.3 is 16.5 Å². The van der Waals surface area contributed by atoms with Crippen LogP contribution < -0.4 is 17.0 Å². The van der Waals surface area contributed by atoms with E-state index in [1.807, 2.05) is 30.3 Å². The molecule has 0 aliphatic rings. The third-order valence-electron chi connectivity index (χ3n) is 2.43. The lowest BCUT2D eigenvalue weighted by Crippen LogP contribution is -2.17. The van der Waals surface area contributed by atoms with Crippen LogP contribution in [0.15, 0.2) is 41.2 Å². The number of aromatic amines is 1. The highest BCUT2D eigenvalue weighted by atomic mass is 16.1. The summed E-state index contributed by atoms with van der Waals surface area (Å²) < 4.78 is 0. The van der Waals surface area contributed by atoms with Gasteiger partial charge in [0.05, 0.1) is 11.4 Å². The molecule has 1 aromatic heterocycles. The van der Waals surface area contributed by atoms with Gasteiger partial charge in [0.25, 0.3) is 5.56 Å². The number of aromatic nitrogens is 1. The highest BCUT2D eigenvalue weighted by Crippen LogP contribution is 2.21. The Morgan fingerprint density at radius 2 is 1.88 bits per heavy atom. The number of hydrogen-bond donors (Lipinski definition) is 3. The number of nitrogens with one attached hydrogen (secondary N) is 1. The second-order valence-electron chi connectivity index (χ2n) is 3.52. The molecular weight excluding hydrogens is 202 g/mol. The van der Waals surface area contributed by atoms with Crippen LogP contribution in [0.4, 0.5) is 5.69 Å². The van der Waals surface area contributed by atoms with Crippen molar-refractivity contribution in [1.29, 1.82) is 0 Å². The zero-order valence-electron chi connectivity index (χ0n) is 8.73. The second kappa shape index (κ2) is 4.20. The number of nitrogen functional groups attached to an aromatic ring is 1. The highest BCUT2D eigenvalue weighted by molar-refractivity contribution is 5.72. The van der Waals surface area contributed by atoms with Crippen LogP contribution in [0.3, 0.4) is 0 Å². The Kier molecular flexibility index (Phi) is 2.74. The number of H-pyrrole nitrogens is 1. The fourth-order valence-corrected chi connectivity index (χ4v) is 1.59. The van der Waals surface area contributed by atoms with Crippen LogP contribution >= 0.6 is 0 Å². The zero-order chi connectivity index (χ0) is 11.5. The van der Waals surface area contributed by atoms with E-state index in [1.165, 1.54) is 0 Å². The van der Waals surface area contributed by atoms with Crippen molar-refractivity contribution in [1.82, 2.24) is 4.98 Å². The number of benzene rings is 1. The van der Waals surface area contributed by atoms with E-state index in [0.717, 1.165) is 5.56 Å². The molecule has 0 aliphatic heterocycles. The summed E-state index contributed by atoms with van der Waals surface area (Å²) in [4.78, 5) is 14.4. The molecule has 4 heteroatoms. The second-order valence-corrected chi connectivity index (χ2v) is 3.52. The first kappa shape index (κ1) is 10.4. The minimum atomic E-state index is -0.185. The summed E-state index contributed by atoms with van der Waals surface area (Å²) in [5.41, 5.74) is 13.7. The number of nitrogens with two attached hydrogens (primary N) is 2. The van der Waals surface area contributed by atoms with E-state index in [-0.39, 0.29) is 12.1 Å². The van der Waals surface area contributed by atoms with Gasteiger partial charge in [0, 0.05) is 17.7 Å². The molecule has 0 unspecified atom stereocenters. The van der Waals surface area contributed by atoms with E-state index in [4.69, 9.17) is 11.5 Å². The Hall–Kier alpha value is -2.07. The van der Waals surface area contributed by atoms with E-state index in [1.54, 1.807) is 6.07 Å². The number of pyridine rings is 1. The van der Waals surface area contributed by atoms with Crippen molar-refractivity contribution in [2.45, 2.75) is 6.54 Å². The van der Waals surface area contributed by atoms with Gasteiger partial charge in [-0.3, -0.25) is 4.79 Å². The maximum absolute atomic E-state index is 11.6. The summed E-state index contributed by atoms with van der Waals surface area (Å²) in [5.74, 6) is 0. The smallest absolute Gasteiger partial charge is 0.253 e. The molecule has 5 N–H and O–H groups in total. The van der Waals surface area contributed by atoms with Crippen molar-refractivity contribution in [3.8, 4) is 11.3 Å². The molecule has 4 nitrogen and oxygen atoms in total. The van der Waals surface area contributed by atoms with Gasteiger partial charge >= 0.3 is 0 Å². The Morgan fingerprint density at radius 1 is 1.19 bits per heavy atom. The Balaban J connectivity index is 2.60. The van der Waals surface area contributed by atoms with Crippen LogP contribution in [0.2, 0.25) is 0 Å². The van der Waals surface area contributed by atoms with E-state index in [2.05, 4.69) is 4.98 Å². The predicted octanol–water partition coefficient (Wildman–Crippen LogP) is 1.08. The molecule has 0 saturated heterocycles. The summed E-state index contributed by atoms with van der Waals surface area (Å²) in [6.45, 7) is 0.189. The van der Waals surface area contributed by atoms with Crippen LogP contribution in [0.25, 0.3) is 11.3 Å². The van der Waals surface area contributed by atoms with Gasteiger partial charge in [0.15, 0.2) is 0 Å². The Morgan fingerprint density at radius 3 is 2.50 bits per heavy atom. The van der Waals surface area contributed by atoms with Crippen LogP contribution in [0.5, 0.6) is 0 Å². The van der Waals surface area contributed by atoms with Crippen LogP contribution in [-0.2, 0) is 6.54 Å². The van der Waals surface area contributed by atoms with Crippen molar-refractivity contribution in [3.05, 3.63) is 52.3 Å². The lowest BCUT2D eigenvalue weighted by molar-refractivity contribution is 1.02. The molecule has 1 heterocycles. The molecule has 0 fully saturated rings. The number of rotatable bonds is 2. The van der Waals surface area contributed by atoms with Gasteiger partial charge in [0.1, 0.15) is 0 Å². The molecule has 0 radical (unpaired) electrons. The molecule has 0 atom stereocenters. The van der Waals surface area contributed by atoms with Crippen LogP contribution in [-0.4, -0.2) is 4.98 Å². The number of anilines is 1. The van der Waals surface area contributed by atoms with E-state index < -0.39 is 0 Å². The maximum atomic E-state index is 11.6. The van der Waals surface area contributed by atoms with Gasteiger partial charge in [-0.25, -0.2) is 0 Å². The summed E-state index contributed by atoms with van der Waals surface area (Å²) in [7, 11) is 0. The quantitative estimate of drug-likeness (QED) is 0.700. The molecule has 2 aromatic rings.